The molecule has 2 unspecified atom stereocenters. The van der Waals surface area contributed by atoms with Gasteiger partial charge in [0, 0.05) is 38.8 Å². The van der Waals surface area contributed by atoms with Crippen molar-refractivity contribution < 1.29 is 53.0 Å². The van der Waals surface area contributed by atoms with Gasteiger partial charge in [-0.1, -0.05) is 66.8 Å². The van der Waals surface area contributed by atoms with Crippen LogP contribution in [0.1, 0.15) is 138 Å². The Morgan fingerprint density at radius 3 is 1.48 bits per heavy atom. The summed E-state index contributed by atoms with van der Waals surface area (Å²) in [4.78, 5) is 119. The Kier molecular flexibility index (Phi) is 25.6. The van der Waals surface area contributed by atoms with E-state index in [2.05, 4.69) is 21.3 Å². The van der Waals surface area contributed by atoms with Crippen molar-refractivity contribution in [1.82, 2.24) is 21.3 Å². The molecule has 2 aromatic heterocycles. The topological polar surface area (TPSA) is 296 Å². The standard InChI is InChI=1S/C27H35N5O4S.C24H30N4O3S.C8H15NO4.2CH4/c1-16(2)12-20(29-25(34)17(3)28)26(35)30-21-13-19-6-4-7-22(31-10-5-8-23(31)33)24(19)32(27(21)36)14-18-9-11-37-15-18;1-15(2)11-18(25)23(30)26-19-12-17-5-3-6-20(27-9-4-7-21(27)29)22(17)28(24(19)31)13-16-8-10-32-14-16;1-5(6(10)11)9-7(12)13-8(2,3)4;;/h4,6-7,9,11,15-17,20-21H,5,8,10,12-14,28H2,1-3H3,(H,29,34)(H,30,35);3,5-6,8,10,14-15,18-19H,4,7,9,11-13,25H2,1-2H3,(H,26,30);5H,1-4H3,(H,9,12)(H,10,11);2*1H4/t17-,20-,21?;18-,19?;5-;;/m111../s1. The number of hydrogen-bond acceptors (Lipinski definition) is 14. The quantitative estimate of drug-likeness (QED) is 0.0511. The molecule has 0 spiro atoms. The highest BCUT2D eigenvalue weighted by Crippen LogP contribution is 2.42. The lowest BCUT2D eigenvalue weighted by Gasteiger charge is -2.37. The number of benzene rings is 2. The van der Waals surface area contributed by atoms with E-state index in [0.717, 1.165) is 57.8 Å². The van der Waals surface area contributed by atoms with E-state index in [1.165, 1.54) is 6.92 Å². The maximum absolute atomic E-state index is 13.9. The van der Waals surface area contributed by atoms with Gasteiger partial charge >= 0.3 is 12.1 Å². The number of carbonyl (C=O) groups excluding carboxylic acids is 8. The Hall–Kier alpha value is -7.21. The third-order valence-electron chi connectivity index (χ3n) is 13.8. The van der Waals surface area contributed by atoms with Gasteiger partial charge in [0.1, 0.15) is 29.8 Å². The molecule has 6 atom stereocenters. The predicted molar refractivity (Wildman–Crippen MR) is 331 cm³/mol. The Morgan fingerprint density at radius 1 is 0.655 bits per heavy atom. The number of fused-ring (bicyclic) bond motifs is 2. The number of aliphatic carboxylic acids is 1. The zero-order valence-electron chi connectivity index (χ0n) is 48.3. The minimum absolute atomic E-state index is 0. The smallest absolute Gasteiger partial charge is 0.408 e. The van der Waals surface area contributed by atoms with Gasteiger partial charge in [-0.15, -0.1) is 0 Å². The van der Waals surface area contributed by atoms with E-state index in [9.17, 15) is 43.2 Å². The number of para-hydroxylation sites is 2. The SMILES string of the molecule is C.C.CC(C)C[C@@H](N)C(=O)NC1Cc2cccc(N3CCCC3=O)c2N(Cc2ccsc2)C1=O.CC(C)C[C@@H](NC(=O)[C@@H](C)N)C(=O)NC1Cc2cccc(N3CCCC3=O)c2N(Cc2ccsc2)C1=O.C[C@@H](NC(=O)OC(C)(C)C)C(=O)O. The van der Waals surface area contributed by atoms with Gasteiger partial charge in [0.25, 0.3) is 0 Å². The number of carbonyl (C=O) groups is 9. The molecule has 8 rings (SSSR count). The highest BCUT2D eigenvalue weighted by atomic mass is 32.1. The van der Waals surface area contributed by atoms with Gasteiger partial charge in [0.05, 0.1) is 47.9 Å². The van der Waals surface area contributed by atoms with Crippen LogP contribution in [0.3, 0.4) is 0 Å². The van der Waals surface area contributed by atoms with Crippen LogP contribution in [0, 0.1) is 11.8 Å². The molecular formula is C61H88N10O11S2. The summed E-state index contributed by atoms with van der Waals surface area (Å²) in [5.41, 5.74) is 18.0. The number of rotatable bonds is 18. The van der Waals surface area contributed by atoms with Crippen LogP contribution in [-0.2, 0) is 69.0 Å². The first-order valence-corrected chi connectivity index (χ1v) is 29.7. The van der Waals surface area contributed by atoms with Gasteiger partial charge in [0.2, 0.25) is 41.4 Å². The zero-order chi connectivity index (χ0) is 60.2. The Bertz CT molecular complexity index is 2930. The molecule has 8 amide bonds. The molecule has 21 nitrogen and oxygen atoms in total. The summed E-state index contributed by atoms with van der Waals surface area (Å²) < 4.78 is 4.85. The third kappa shape index (κ3) is 18.6. The number of amides is 8. The summed E-state index contributed by atoms with van der Waals surface area (Å²) in [6.45, 7) is 18.0. The molecule has 6 heterocycles. The Labute approximate surface area is 502 Å². The molecule has 2 fully saturated rings. The van der Waals surface area contributed by atoms with Crippen molar-refractivity contribution in [1.29, 1.82) is 0 Å². The molecule has 460 valence electrons. The molecule has 4 aliphatic rings. The van der Waals surface area contributed by atoms with E-state index in [1.807, 2.05) is 97.7 Å². The maximum atomic E-state index is 13.9. The van der Waals surface area contributed by atoms with Crippen molar-refractivity contribution in [2.45, 2.75) is 183 Å². The highest BCUT2D eigenvalue weighted by molar-refractivity contribution is 7.08. The molecule has 0 radical (unpaired) electrons. The summed E-state index contributed by atoms with van der Waals surface area (Å²) in [6.07, 6.45) is 3.54. The van der Waals surface area contributed by atoms with Crippen LogP contribution in [0.25, 0.3) is 0 Å². The van der Waals surface area contributed by atoms with Gasteiger partial charge in [-0.25, -0.2) is 4.79 Å². The molecule has 23 heteroatoms. The van der Waals surface area contributed by atoms with E-state index in [-0.39, 0.29) is 56.2 Å². The van der Waals surface area contributed by atoms with E-state index >= 15 is 0 Å². The fourth-order valence-electron chi connectivity index (χ4n) is 9.95. The second kappa shape index (κ2) is 31.1. The van der Waals surface area contributed by atoms with Gasteiger partial charge in [-0.2, -0.15) is 22.7 Å². The number of carboxylic acid groups (broad SMARTS) is 1. The Balaban J connectivity index is 0.000000295. The molecule has 9 N–H and O–H groups in total. The van der Waals surface area contributed by atoms with Crippen LogP contribution in [0.4, 0.5) is 27.5 Å². The van der Waals surface area contributed by atoms with Crippen molar-refractivity contribution in [3.8, 4) is 0 Å². The number of ether oxygens (including phenoxy) is 1. The fourth-order valence-corrected chi connectivity index (χ4v) is 11.3. The van der Waals surface area contributed by atoms with Crippen molar-refractivity contribution in [2.24, 2.45) is 23.3 Å². The Morgan fingerprint density at radius 2 is 1.11 bits per heavy atom. The molecule has 0 saturated carbocycles. The summed E-state index contributed by atoms with van der Waals surface area (Å²) >= 11 is 3.12. The van der Waals surface area contributed by atoms with Gasteiger partial charge in [0.15, 0.2) is 0 Å². The number of thiophene rings is 2. The van der Waals surface area contributed by atoms with Crippen molar-refractivity contribution in [3.05, 3.63) is 92.3 Å². The number of nitrogens with zero attached hydrogens (tertiary/aromatic N) is 4. The third-order valence-corrected chi connectivity index (χ3v) is 15.3. The lowest BCUT2D eigenvalue weighted by Crippen LogP contribution is -2.58. The van der Waals surface area contributed by atoms with Crippen LogP contribution < -0.4 is 52.3 Å². The van der Waals surface area contributed by atoms with Crippen LogP contribution in [-0.4, -0.2) is 113 Å². The molecular weight excluding hydrogens is 1110 g/mol. The number of carboxylic acids is 1. The summed E-state index contributed by atoms with van der Waals surface area (Å²) in [5.74, 6) is -2.08. The molecule has 4 aromatic rings. The van der Waals surface area contributed by atoms with Crippen molar-refractivity contribution >= 4 is 98.8 Å². The van der Waals surface area contributed by atoms with E-state index < -0.39 is 65.7 Å². The van der Waals surface area contributed by atoms with Crippen molar-refractivity contribution in [3.63, 3.8) is 0 Å². The molecule has 84 heavy (non-hydrogen) atoms. The minimum Gasteiger partial charge on any atom is -0.480 e. The average molecular weight is 1200 g/mol. The summed E-state index contributed by atoms with van der Waals surface area (Å²) in [6, 6.07) is 10.8. The maximum Gasteiger partial charge on any atom is 0.408 e. The lowest BCUT2D eigenvalue weighted by molar-refractivity contribution is -0.139. The largest absolute Gasteiger partial charge is 0.480 e. The summed E-state index contributed by atoms with van der Waals surface area (Å²) in [5, 5.41) is 27.1. The first kappa shape index (κ1) is 69.3. The number of alkyl carbamates (subject to hydrolysis) is 1. The average Bonchev–Trinajstić information content (AvgIpc) is 1.67. The van der Waals surface area contributed by atoms with Gasteiger partial charge in [-0.05, 0) is 140 Å². The highest BCUT2D eigenvalue weighted by Gasteiger charge is 2.41. The predicted octanol–water partition coefficient (Wildman–Crippen LogP) is 7.41. The molecule has 2 saturated heterocycles. The van der Waals surface area contributed by atoms with Gasteiger partial charge in [-0.3, -0.25) is 38.4 Å². The number of hydrogen-bond donors (Lipinski definition) is 7. The summed E-state index contributed by atoms with van der Waals surface area (Å²) in [7, 11) is 0. The van der Waals surface area contributed by atoms with Crippen molar-refractivity contribution in [2.75, 3.05) is 32.7 Å². The second-order valence-corrected chi connectivity index (χ2v) is 24.5. The lowest BCUT2D eigenvalue weighted by atomic mass is 9.94. The van der Waals surface area contributed by atoms with Gasteiger partial charge < -0.3 is 62.2 Å². The minimum atomic E-state index is -1.09. The molecule has 4 aliphatic heterocycles. The van der Waals surface area contributed by atoms with Crippen LogP contribution in [0.15, 0.2) is 70.1 Å². The first-order chi connectivity index (χ1) is 38.7. The zero-order valence-corrected chi connectivity index (χ0v) is 50.0. The number of anilines is 4. The second-order valence-electron chi connectivity index (χ2n) is 22.9. The molecule has 2 aromatic carbocycles. The molecule has 0 bridgehead atoms. The fraction of sp³-hybridized carbons (Fsp3) is 0.525. The first-order valence-electron chi connectivity index (χ1n) is 27.9. The van der Waals surface area contributed by atoms with E-state index in [4.69, 9.17) is 21.3 Å². The van der Waals surface area contributed by atoms with E-state index in [0.29, 0.717) is 64.7 Å². The normalized spacial score (nSPS) is 17.9. The van der Waals surface area contributed by atoms with E-state index in [1.54, 1.807) is 70.0 Å². The number of nitrogens with two attached hydrogens (primary N) is 2. The monoisotopic (exact) mass is 1200 g/mol. The molecule has 0 aliphatic carbocycles. The van der Waals surface area contributed by atoms with Crippen LogP contribution in [0.5, 0.6) is 0 Å². The van der Waals surface area contributed by atoms with Crippen LogP contribution >= 0.6 is 22.7 Å². The number of nitrogens with one attached hydrogen (secondary N) is 4. The van der Waals surface area contributed by atoms with Crippen LogP contribution in [0.2, 0.25) is 0 Å².